The zero-order valence-electron chi connectivity index (χ0n) is 14.6. The highest BCUT2D eigenvalue weighted by molar-refractivity contribution is 7.89. The van der Waals surface area contributed by atoms with Crippen LogP contribution in [0, 0.1) is 0 Å². The van der Waals surface area contributed by atoms with Gasteiger partial charge in [-0.1, -0.05) is 12.1 Å². The molecule has 0 radical (unpaired) electrons. The number of aromatic nitrogens is 1. The summed E-state index contributed by atoms with van der Waals surface area (Å²) in [6.45, 7) is 5.30. The first-order valence-corrected chi connectivity index (χ1v) is 9.19. The average Bonchev–Trinajstić information content (AvgIpc) is 2.56. The Labute approximate surface area is 147 Å². The van der Waals surface area contributed by atoms with Crippen molar-refractivity contribution in [1.29, 1.82) is 0 Å². The number of hydrogen-bond acceptors (Lipinski definition) is 6. The maximum Gasteiger partial charge on any atom is 0.326 e. The van der Waals surface area contributed by atoms with Gasteiger partial charge in [-0.2, -0.15) is 4.72 Å². The molecule has 2 aromatic rings. The third kappa shape index (κ3) is 4.97. The molecule has 1 heterocycles. The van der Waals surface area contributed by atoms with E-state index in [9.17, 15) is 13.2 Å². The number of rotatable bonds is 6. The van der Waals surface area contributed by atoms with Crippen molar-refractivity contribution in [3.8, 4) is 0 Å². The summed E-state index contributed by atoms with van der Waals surface area (Å²) < 4.78 is 38.2. The van der Waals surface area contributed by atoms with Crippen LogP contribution < -0.4 is 4.72 Å². The van der Waals surface area contributed by atoms with Crippen LogP contribution in [0.2, 0.25) is 0 Å². The number of sulfonamides is 1. The van der Waals surface area contributed by atoms with E-state index in [0.717, 1.165) is 0 Å². The van der Waals surface area contributed by atoms with Crippen molar-refractivity contribution in [1.82, 2.24) is 9.71 Å². The number of nitrogens with one attached hydrogen (secondary N) is 1. The first kappa shape index (κ1) is 19.3. The van der Waals surface area contributed by atoms with Gasteiger partial charge in [-0.3, -0.25) is 9.78 Å². The molecule has 0 fully saturated rings. The monoisotopic (exact) mass is 366 g/mol. The average molecular weight is 366 g/mol. The highest BCUT2D eigenvalue weighted by Crippen LogP contribution is 2.22. The fraction of sp³-hybridized carbons (Fsp3) is 0.412. The van der Waals surface area contributed by atoms with Gasteiger partial charge in [0.15, 0.2) is 0 Å². The number of fused-ring (bicyclic) bond motifs is 1. The fourth-order valence-electron chi connectivity index (χ4n) is 2.20. The molecule has 0 saturated carbocycles. The first-order chi connectivity index (χ1) is 11.6. The van der Waals surface area contributed by atoms with Crippen molar-refractivity contribution in [2.75, 3.05) is 13.7 Å². The lowest BCUT2D eigenvalue weighted by atomic mass is 10.2. The Morgan fingerprint density at radius 2 is 2.00 bits per heavy atom. The van der Waals surface area contributed by atoms with Crippen LogP contribution in [0.3, 0.4) is 0 Å². The van der Waals surface area contributed by atoms with Gasteiger partial charge >= 0.3 is 5.97 Å². The zero-order chi connectivity index (χ0) is 18.7. The molecule has 0 aliphatic rings. The van der Waals surface area contributed by atoms with Crippen molar-refractivity contribution in [2.45, 2.75) is 37.3 Å². The number of methoxy groups -OCH3 is 1. The maximum absolute atomic E-state index is 12.8. The standard InChI is InChI=1S/C17H22N2O5S/c1-17(2,3)24-11-14(16(20)23-4)19-25(21,22)15-7-5-6-12-10-18-9-8-13(12)15/h5-10,14,19H,11H2,1-4H3/t14-/m0/s1. The van der Waals surface area contributed by atoms with Crippen LogP contribution in [0.25, 0.3) is 10.8 Å². The lowest BCUT2D eigenvalue weighted by molar-refractivity contribution is -0.145. The Morgan fingerprint density at radius 1 is 1.28 bits per heavy atom. The second-order valence-electron chi connectivity index (χ2n) is 6.47. The van der Waals surface area contributed by atoms with E-state index in [1.165, 1.54) is 19.4 Å². The molecule has 1 N–H and O–H groups in total. The predicted octanol–water partition coefficient (Wildman–Crippen LogP) is 1.87. The molecule has 0 saturated heterocycles. The van der Waals surface area contributed by atoms with E-state index in [-0.39, 0.29) is 11.5 Å². The lowest BCUT2D eigenvalue weighted by Crippen LogP contribution is -2.46. The summed E-state index contributed by atoms with van der Waals surface area (Å²) in [6.07, 6.45) is 3.09. The third-order valence-electron chi connectivity index (χ3n) is 3.40. The van der Waals surface area contributed by atoms with E-state index in [4.69, 9.17) is 9.47 Å². The molecule has 0 unspecified atom stereocenters. The van der Waals surface area contributed by atoms with Crippen LogP contribution in [-0.2, 0) is 24.3 Å². The van der Waals surface area contributed by atoms with Gasteiger partial charge in [0.1, 0.15) is 6.04 Å². The number of hydrogen-bond donors (Lipinski definition) is 1. The van der Waals surface area contributed by atoms with E-state index in [0.29, 0.717) is 10.8 Å². The molecule has 0 aliphatic carbocycles. The normalized spacial score (nSPS) is 13.6. The molecule has 7 nitrogen and oxygen atoms in total. The van der Waals surface area contributed by atoms with E-state index >= 15 is 0 Å². The van der Waals surface area contributed by atoms with Crippen molar-refractivity contribution in [2.24, 2.45) is 0 Å². The largest absolute Gasteiger partial charge is 0.468 e. The van der Waals surface area contributed by atoms with Crippen LogP contribution in [0.5, 0.6) is 0 Å². The Bertz CT molecular complexity index is 853. The summed E-state index contributed by atoms with van der Waals surface area (Å²) in [7, 11) is -2.77. The number of carbonyl (C=O) groups excluding carboxylic acids is 1. The van der Waals surface area contributed by atoms with Crippen LogP contribution >= 0.6 is 0 Å². The van der Waals surface area contributed by atoms with Crippen LogP contribution in [-0.4, -0.2) is 44.7 Å². The van der Waals surface area contributed by atoms with Gasteiger partial charge < -0.3 is 9.47 Å². The second-order valence-corrected chi connectivity index (χ2v) is 8.16. The summed E-state index contributed by atoms with van der Waals surface area (Å²) >= 11 is 0. The lowest BCUT2D eigenvalue weighted by Gasteiger charge is -2.24. The minimum absolute atomic E-state index is 0.0667. The maximum atomic E-state index is 12.8. The zero-order valence-corrected chi connectivity index (χ0v) is 15.5. The number of nitrogens with zero attached hydrogens (tertiary/aromatic N) is 1. The third-order valence-corrected chi connectivity index (χ3v) is 4.93. The van der Waals surface area contributed by atoms with Gasteiger partial charge in [0.05, 0.1) is 24.2 Å². The molecular weight excluding hydrogens is 344 g/mol. The number of pyridine rings is 1. The van der Waals surface area contributed by atoms with Gasteiger partial charge in [0, 0.05) is 23.2 Å². The van der Waals surface area contributed by atoms with Crippen LogP contribution in [0.15, 0.2) is 41.6 Å². The van der Waals surface area contributed by atoms with Gasteiger partial charge in [0.2, 0.25) is 10.0 Å². The minimum Gasteiger partial charge on any atom is -0.468 e. The molecule has 0 aliphatic heterocycles. The van der Waals surface area contributed by atoms with Crippen molar-refractivity contribution in [3.63, 3.8) is 0 Å². The van der Waals surface area contributed by atoms with E-state index < -0.39 is 27.6 Å². The van der Waals surface area contributed by atoms with Crippen molar-refractivity contribution in [3.05, 3.63) is 36.7 Å². The second kappa shape index (κ2) is 7.47. The van der Waals surface area contributed by atoms with Crippen molar-refractivity contribution < 1.29 is 22.7 Å². The summed E-state index contributed by atoms with van der Waals surface area (Å²) in [6, 6.07) is 5.33. The molecule has 1 aromatic heterocycles. The van der Waals surface area contributed by atoms with Gasteiger partial charge in [-0.15, -0.1) is 0 Å². The molecule has 0 amide bonds. The molecule has 8 heteroatoms. The summed E-state index contributed by atoms with van der Waals surface area (Å²) in [5.41, 5.74) is -0.525. The molecule has 1 aromatic carbocycles. The first-order valence-electron chi connectivity index (χ1n) is 7.71. The smallest absolute Gasteiger partial charge is 0.326 e. The molecule has 1 atom stereocenters. The van der Waals surface area contributed by atoms with Gasteiger partial charge in [0.25, 0.3) is 0 Å². The number of benzene rings is 1. The van der Waals surface area contributed by atoms with Crippen molar-refractivity contribution >= 4 is 26.8 Å². The Hall–Kier alpha value is -2.03. The number of ether oxygens (including phenoxy) is 2. The summed E-state index contributed by atoms with van der Waals surface area (Å²) in [5.74, 6) is -0.713. The van der Waals surface area contributed by atoms with E-state index in [1.54, 1.807) is 24.4 Å². The summed E-state index contributed by atoms with van der Waals surface area (Å²) in [5, 5.41) is 1.20. The number of esters is 1. The summed E-state index contributed by atoms with van der Waals surface area (Å²) in [4.78, 5) is 16.0. The molecule has 25 heavy (non-hydrogen) atoms. The molecule has 0 bridgehead atoms. The van der Waals surface area contributed by atoms with Gasteiger partial charge in [-0.05, 0) is 32.9 Å². The topological polar surface area (TPSA) is 94.6 Å². The Balaban J connectivity index is 2.34. The quantitative estimate of drug-likeness (QED) is 0.784. The van der Waals surface area contributed by atoms with Crippen LogP contribution in [0.4, 0.5) is 0 Å². The molecule has 0 spiro atoms. The minimum atomic E-state index is -3.97. The Morgan fingerprint density at radius 3 is 2.64 bits per heavy atom. The Kier molecular flexibility index (Phi) is 5.76. The highest BCUT2D eigenvalue weighted by Gasteiger charge is 2.29. The van der Waals surface area contributed by atoms with E-state index in [1.807, 2.05) is 20.8 Å². The predicted molar refractivity (Wildman–Crippen MR) is 93.6 cm³/mol. The van der Waals surface area contributed by atoms with E-state index in [2.05, 4.69) is 9.71 Å². The SMILES string of the molecule is COC(=O)[C@H](COC(C)(C)C)NS(=O)(=O)c1cccc2cnccc12. The molecule has 136 valence electrons. The number of carbonyl (C=O) groups is 1. The highest BCUT2D eigenvalue weighted by atomic mass is 32.2. The fourth-order valence-corrected chi connectivity index (χ4v) is 3.60. The van der Waals surface area contributed by atoms with Crippen LogP contribution in [0.1, 0.15) is 20.8 Å². The molecule has 2 rings (SSSR count). The molecular formula is C17H22N2O5S. The van der Waals surface area contributed by atoms with Gasteiger partial charge in [-0.25, -0.2) is 8.42 Å².